The van der Waals surface area contributed by atoms with E-state index in [0.29, 0.717) is 0 Å². The van der Waals surface area contributed by atoms with Crippen molar-refractivity contribution in [2.75, 3.05) is 0 Å². The molecule has 2 heterocycles. The minimum Gasteiger partial charge on any atom is -0.294 e. The molecule has 0 spiro atoms. The van der Waals surface area contributed by atoms with Gasteiger partial charge in [-0.2, -0.15) is 0 Å². The zero-order chi connectivity index (χ0) is 6.10. The van der Waals surface area contributed by atoms with Gasteiger partial charge >= 0.3 is 0 Å². The highest BCUT2D eigenvalue weighted by Crippen LogP contribution is 1.94. The van der Waals surface area contributed by atoms with Crippen LogP contribution in [0.4, 0.5) is 0 Å². The van der Waals surface area contributed by atoms with Gasteiger partial charge in [0, 0.05) is 12.4 Å². The number of fused-ring (bicyclic) bond motifs is 1. The molecule has 0 aliphatic rings. The predicted octanol–water partition coefficient (Wildman–Crippen LogP) is 0.529. The van der Waals surface area contributed by atoms with E-state index < -0.39 is 0 Å². The lowest BCUT2D eigenvalue weighted by atomic mass is 10.6. The van der Waals surface area contributed by atoms with Crippen LogP contribution in [0.1, 0.15) is 0 Å². The van der Waals surface area contributed by atoms with Crippen LogP contribution in [0.15, 0.2) is 24.8 Å². The molecule has 2 rings (SSSR count). The molecule has 0 saturated carbocycles. The van der Waals surface area contributed by atoms with Gasteiger partial charge in [-0.1, -0.05) is 0 Å². The van der Waals surface area contributed by atoms with Gasteiger partial charge in [0.05, 0.1) is 17.9 Å². The fourth-order valence-corrected chi connectivity index (χ4v) is 0.717. The summed E-state index contributed by atoms with van der Waals surface area (Å²) in [5, 5.41) is 0. The molecule has 2 aromatic heterocycles. The van der Waals surface area contributed by atoms with Gasteiger partial charge in [0.2, 0.25) is 0 Å². The van der Waals surface area contributed by atoms with E-state index in [0.717, 1.165) is 5.52 Å². The summed E-state index contributed by atoms with van der Waals surface area (Å²) in [4.78, 5) is 7.70. The fourth-order valence-electron chi connectivity index (χ4n) is 0.717. The maximum absolute atomic E-state index is 3.90. The molecule has 1 radical (unpaired) electrons. The Balaban J connectivity index is 2.95. The van der Waals surface area contributed by atoms with E-state index >= 15 is 0 Å². The second-order valence-electron chi connectivity index (χ2n) is 1.73. The van der Waals surface area contributed by atoms with E-state index in [1.54, 1.807) is 23.0 Å². The van der Waals surface area contributed by atoms with Crippen LogP contribution in [0.5, 0.6) is 0 Å². The van der Waals surface area contributed by atoms with Gasteiger partial charge in [-0.3, -0.25) is 9.38 Å². The molecule has 0 aliphatic carbocycles. The summed E-state index contributed by atoms with van der Waals surface area (Å²) in [6.45, 7) is 0. The van der Waals surface area contributed by atoms with Crippen molar-refractivity contribution in [1.82, 2.24) is 14.4 Å². The standard InChI is InChI=1S/C6H4N3/c1-2-9-5-8-4-6(9)3-7-1/h1-4H. The molecule has 0 saturated heterocycles. The molecule has 3 nitrogen and oxygen atoms in total. The lowest BCUT2D eigenvalue weighted by molar-refractivity contribution is 1.10. The Morgan fingerprint density at radius 1 is 1.44 bits per heavy atom. The molecule has 2 aromatic rings. The number of hydrogen-bond donors (Lipinski definition) is 0. The van der Waals surface area contributed by atoms with Gasteiger partial charge in [0.1, 0.15) is 0 Å². The topological polar surface area (TPSA) is 30.2 Å². The molecule has 43 valence electrons. The molecule has 0 amide bonds. The minimum atomic E-state index is 0.970. The van der Waals surface area contributed by atoms with Crippen LogP contribution in [-0.4, -0.2) is 14.4 Å². The molecular formula is C6H4N3. The van der Waals surface area contributed by atoms with Crippen LogP contribution < -0.4 is 0 Å². The van der Waals surface area contributed by atoms with E-state index in [1.807, 2.05) is 6.20 Å². The third-order valence-corrected chi connectivity index (χ3v) is 1.15. The molecular weight excluding hydrogens is 114 g/mol. The fraction of sp³-hybridized carbons (Fsp3) is 0. The van der Waals surface area contributed by atoms with Gasteiger partial charge in [0.25, 0.3) is 0 Å². The van der Waals surface area contributed by atoms with Crippen molar-refractivity contribution < 1.29 is 0 Å². The first kappa shape index (κ1) is 4.49. The smallest absolute Gasteiger partial charge is 0.181 e. The molecule has 0 bridgehead atoms. The van der Waals surface area contributed by atoms with Crippen molar-refractivity contribution >= 4 is 5.52 Å². The highest BCUT2D eigenvalue weighted by atomic mass is 15.0. The first-order valence-electron chi connectivity index (χ1n) is 2.61. The van der Waals surface area contributed by atoms with Crippen molar-refractivity contribution in [2.45, 2.75) is 0 Å². The lowest BCUT2D eigenvalue weighted by Gasteiger charge is -1.85. The molecule has 0 fully saturated rings. The van der Waals surface area contributed by atoms with Crippen molar-refractivity contribution in [3.05, 3.63) is 31.1 Å². The number of hydrogen-bond acceptors (Lipinski definition) is 2. The average molecular weight is 118 g/mol. The van der Waals surface area contributed by atoms with Crippen molar-refractivity contribution in [3.8, 4) is 0 Å². The lowest BCUT2D eigenvalue weighted by Crippen LogP contribution is -1.80. The van der Waals surface area contributed by atoms with Crippen LogP contribution in [0.3, 0.4) is 0 Å². The van der Waals surface area contributed by atoms with Crippen molar-refractivity contribution in [2.24, 2.45) is 0 Å². The zero-order valence-corrected chi connectivity index (χ0v) is 4.65. The quantitative estimate of drug-likeness (QED) is 0.505. The van der Waals surface area contributed by atoms with Crippen molar-refractivity contribution in [1.29, 1.82) is 0 Å². The van der Waals surface area contributed by atoms with E-state index in [-0.39, 0.29) is 0 Å². The van der Waals surface area contributed by atoms with Crippen molar-refractivity contribution in [3.63, 3.8) is 0 Å². The van der Waals surface area contributed by atoms with Crippen LogP contribution >= 0.6 is 0 Å². The van der Waals surface area contributed by atoms with Gasteiger partial charge in [-0.15, -0.1) is 0 Å². The molecule has 9 heavy (non-hydrogen) atoms. The van der Waals surface area contributed by atoms with Crippen LogP contribution in [0.2, 0.25) is 0 Å². The van der Waals surface area contributed by atoms with Crippen LogP contribution in [-0.2, 0) is 0 Å². The Bertz CT molecular complexity index is 282. The van der Waals surface area contributed by atoms with E-state index in [4.69, 9.17) is 0 Å². The van der Waals surface area contributed by atoms with Gasteiger partial charge in [0.15, 0.2) is 6.33 Å². The summed E-state index contributed by atoms with van der Waals surface area (Å²) in [5.41, 5.74) is 0.970. The maximum Gasteiger partial charge on any atom is 0.181 e. The Morgan fingerprint density at radius 3 is 3.33 bits per heavy atom. The Hall–Kier alpha value is -1.38. The minimum absolute atomic E-state index is 0.970. The monoisotopic (exact) mass is 118 g/mol. The van der Waals surface area contributed by atoms with Gasteiger partial charge in [-0.25, -0.2) is 4.98 Å². The third kappa shape index (κ3) is 0.579. The zero-order valence-electron chi connectivity index (χ0n) is 4.65. The molecule has 0 N–H and O–H groups in total. The molecule has 0 unspecified atom stereocenters. The largest absolute Gasteiger partial charge is 0.294 e. The number of imidazole rings is 1. The van der Waals surface area contributed by atoms with Crippen LogP contribution in [0, 0.1) is 6.33 Å². The van der Waals surface area contributed by atoms with E-state index in [2.05, 4.69) is 16.3 Å². The van der Waals surface area contributed by atoms with Gasteiger partial charge in [-0.05, 0) is 0 Å². The van der Waals surface area contributed by atoms with Gasteiger partial charge < -0.3 is 0 Å². The summed E-state index contributed by atoms with van der Waals surface area (Å²) < 4.78 is 1.78. The summed E-state index contributed by atoms with van der Waals surface area (Å²) >= 11 is 0. The number of aromatic nitrogens is 3. The first-order valence-corrected chi connectivity index (χ1v) is 2.61. The van der Waals surface area contributed by atoms with E-state index in [1.165, 1.54) is 0 Å². The Kier molecular flexibility index (Phi) is 0.773. The second-order valence-corrected chi connectivity index (χ2v) is 1.73. The average Bonchev–Trinajstić information content (AvgIpc) is 2.33. The normalized spacial score (nSPS) is 10.2. The first-order chi connectivity index (χ1) is 4.47. The third-order valence-electron chi connectivity index (χ3n) is 1.15. The Labute approximate surface area is 52.0 Å². The highest BCUT2D eigenvalue weighted by Gasteiger charge is 1.87. The van der Waals surface area contributed by atoms with Crippen LogP contribution in [0.25, 0.3) is 5.52 Å². The molecule has 0 aromatic carbocycles. The second kappa shape index (κ2) is 1.55. The highest BCUT2D eigenvalue weighted by molar-refractivity contribution is 5.40. The molecule has 0 atom stereocenters. The number of nitrogens with zero attached hydrogens (tertiary/aromatic N) is 3. The molecule has 0 aliphatic heterocycles. The van der Waals surface area contributed by atoms with E-state index in [9.17, 15) is 0 Å². The maximum atomic E-state index is 3.90. The predicted molar refractivity (Wildman–Crippen MR) is 31.8 cm³/mol. The SMILES string of the molecule is [c]1ncc2cnccn12. The molecule has 3 heteroatoms. The summed E-state index contributed by atoms with van der Waals surface area (Å²) in [6.07, 6.45) is 9.71. The Morgan fingerprint density at radius 2 is 2.44 bits per heavy atom. The summed E-state index contributed by atoms with van der Waals surface area (Å²) in [5.74, 6) is 0. The summed E-state index contributed by atoms with van der Waals surface area (Å²) in [6, 6.07) is 0. The number of rotatable bonds is 0. The summed E-state index contributed by atoms with van der Waals surface area (Å²) in [7, 11) is 0.